The molecule has 35 heavy (non-hydrogen) atoms. The number of anilines is 3. The zero-order chi connectivity index (χ0) is 24.5. The monoisotopic (exact) mass is 469 g/mol. The van der Waals surface area contributed by atoms with Gasteiger partial charge in [0.15, 0.2) is 5.82 Å². The summed E-state index contributed by atoms with van der Waals surface area (Å²) in [5.74, 6) is 2.64. The molecule has 0 bridgehead atoms. The van der Waals surface area contributed by atoms with Gasteiger partial charge in [0, 0.05) is 38.1 Å². The normalized spacial score (nSPS) is 10.5. The van der Waals surface area contributed by atoms with Crippen LogP contribution in [0.4, 0.5) is 22.4 Å². The van der Waals surface area contributed by atoms with E-state index in [0.717, 1.165) is 28.9 Å². The highest BCUT2D eigenvalue weighted by Crippen LogP contribution is 2.22. The van der Waals surface area contributed by atoms with Crippen molar-refractivity contribution in [3.63, 3.8) is 0 Å². The molecule has 4 rings (SSSR count). The van der Waals surface area contributed by atoms with E-state index in [0.29, 0.717) is 37.1 Å². The first kappa shape index (κ1) is 23.6. The molecule has 0 aliphatic rings. The summed E-state index contributed by atoms with van der Waals surface area (Å²) in [6.07, 6.45) is 3.90. The van der Waals surface area contributed by atoms with Gasteiger partial charge in [-0.05, 0) is 36.1 Å². The van der Waals surface area contributed by atoms with Crippen LogP contribution in [0.15, 0.2) is 79.1 Å². The molecule has 0 unspecified atom stereocenters. The van der Waals surface area contributed by atoms with Crippen molar-refractivity contribution in [1.29, 1.82) is 0 Å². The number of amides is 1. The highest BCUT2D eigenvalue weighted by molar-refractivity contribution is 5.64. The minimum absolute atomic E-state index is 0.393. The van der Waals surface area contributed by atoms with E-state index >= 15 is 0 Å². The summed E-state index contributed by atoms with van der Waals surface area (Å²) in [5, 5.41) is 14.4. The summed E-state index contributed by atoms with van der Waals surface area (Å²) >= 11 is 0. The van der Waals surface area contributed by atoms with Crippen LogP contribution in [0.3, 0.4) is 0 Å². The van der Waals surface area contributed by atoms with E-state index in [9.17, 15) is 4.79 Å². The molecule has 0 fully saturated rings. The Kier molecular flexibility index (Phi) is 7.80. The van der Waals surface area contributed by atoms with Gasteiger partial charge in [-0.2, -0.15) is 4.98 Å². The quantitative estimate of drug-likeness (QED) is 0.317. The van der Waals surface area contributed by atoms with E-state index in [2.05, 4.69) is 42.7 Å². The highest BCUT2D eigenvalue weighted by Gasteiger charge is 2.10. The largest absolute Gasteiger partial charge is 0.465 e. The van der Waals surface area contributed by atoms with Crippen molar-refractivity contribution in [3.05, 3.63) is 90.3 Å². The molecule has 1 amide bonds. The Bertz CT molecular complexity index is 1270. The summed E-state index contributed by atoms with van der Waals surface area (Å²) in [5.41, 5.74) is 3.21. The number of carbonyl (C=O) groups is 1. The predicted octanol–water partition coefficient (Wildman–Crippen LogP) is 4.17. The summed E-state index contributed by atoms with van der Waals surface area (Å²) in [7, 11) is 1.91. The summed E-state index contributed by atoms with van der Waals surface area (Å²) in [4.78, 5) is 30.6. The second-order valence-electron chi connectivity index (χ2n) is 7.88. The number of hydrogen-bond acceptors (Lipinski definition) is 7. The van der Waals surface area contributed by atoms with Crippen LogP contribution in [0.25, 0.3) is 11.4 Å². The maximum Gasteiger partial charge on any atom is 0.404 e. The molecule has 0 aliphatic heterocycles. The zero-order valence-electron chi connectivity index (χ0n) is 19.4. The van der Waals surface area contributed by atoms with Gasteiger partial charge < -0.3 is 20.6 Å². The molecular formula is C26H27N7O2. The molecular weight excluding hydrogens is 442 g/mol. The lowest BCUT2D eigenvalue weighted by Gasteiger charge is -2.18. The maximum absolute atomic E-state index is 10.6. The third-order valence-corrected chi connectivity index (χ3v) is 5.38. The van der Waals surface area contributed by atoms with Crippen molar-refractivity contribution >= 4 is 23.7 Å². The fraction of sp³-hybridized carbons (Fsp3) is 0.192. The molecule has 0 radical (unpaired) electrons. The Morgan fingerprint density at radius 3 is 2.29 bits per heavy atom. The van der Waals surface area contributed by atoms with E-state index in [1.54, 1.807) is 12.4 Å². The van der Waals surface area contributed by atoms with Crippen molar-refractivity contribution in [2.75, 3.05) is 30.4 Å². The fourth-order valence-corrected chi connectivity index (χ4v) is 3.57. The molecule has 0 saturated heterocycles. The van der Waals surface area contributed by atoms with Gasteiger partial charge in [-0.15, -0.1) is 0 Å². The second-order valence-corrected chi connectivity index (χ2v) is 7.88. The molecule has 0 aliphatic carbocycles. The van der Waals surface area contributed by atoms with Crippen LogP contribution in [-0.2, 0) is 12.8 Å². The van der Waals surface area contributed by atoms with Crippen molar-refractivity contribution in [2.45, 2.75) is 12.8 Å². The van der Waals surface area contributed by atoms with Gasteiger partial charge in [-0.3, -0.25) is 0 Å². The molecule has 178 valence electrons. The lowest BCUT2D eigenvalue weighted by atomic mass is 10.1. The number of hydrogen-bond donors (Lipinski definition) is 3. The Morgan fingerprint density at radius 1 is 0.857 bits per heavy atom. The molecule has 4 aromatic rings. The Morgan fingerprint density at radius 2 is 1.54 bits per heavy atom. The third-order valence-electron chi connectivity index (χ3n) is 5.38. The molecule has 0 saturated carbocycles. The number of benzene rings is 2. The molecule has 9 heteroatoms. The van der Waals surface area contributed by atoms with Gasteiger partial charge in [0.05, 0.1) is 0 Å². The second kappa shape index (κ2) is 11.6. The van der Waals surface area contributed by atoms with Gasteiger partial charge in [0.2, 0.25) is 5.95 Å². The van der Waals surface area contributed by atoms with Gasteiger partial charge in [-0.25, -0.2) is 19.7 Å². The first-order valence-corrected chi connectivity index (χ1v) is 11.3. The molecule has 9 nitrogen and oxygen atoms in total. The lowest BCUT2D eigenvalue weighted by molar-refractivity contribution is 0.194. The van der Waals surface area contributed by atoms with Crippen LogP contribution in [0.1, 0.15) is 11.1 Å². The number of rotatable bonds is 10. The molecule has 0 atom stereocenters. The van der Waals surface area contributed by atoms with Crippen LogP contribution in [-0.4, -0.2) is 51.3 Å². The van der Waals surface area contributed by atoms with Gasteiger partial charge >= 0.3 is 6.09 Å². The van der Waals surface area contributed by atoms with Gasteiger partial charge in [0.25, 0.3) is 0 Å². The molecule has 2 aromatic carbocycles. The van der Waals surface area contributed by atoms with Crippen molar-refractivity contribution in [2.24, 2.45) is 0 Å². The smallest absolute Gasteiger partial charge is 0.404 e. The number of aromatic nitrogens is 4. The SMILES string of the molecule is CN(c1ccnc(NCCc2cccc(CCNC(=O)O)c2)n1)c1ccnc(-c2ccccc2)n1. The number of nitrogens with one attached hydrogen (secondary N) is 2. The molecule has 0 spiro atoms. The predicted molar refractivity (Wildman–Crippen MR) is 136 cm³/mol. The molecule has 2 heterocycles. The van der Waals surface area contributed by atoms with Crippen molar-refractivity contribution in [1.82, 2.24) is 25.3 Å². The Balaban J connectivity index is 1.36. The minimum Gasteiger partial charge on any atom is -0.465 e. The molecule has 3 N–H and O–H groups in total. The topological polar surface area (TPSA) is 116 Å². The van der Waals surface area contributed by atoms with Crippen LogP contribution in [0.5, 0.6) is 0 Å². The first-order chi connectivity index (χ1) is 17.1. The average Bonchev–Trinajstić information content (AvgIpc) is 2.89. The summed E-state index contributed by atoms with van der Waals surface area (Å²) < 4.78 is 0. The highest BCUT2D eigenvalue weighted by atomic mass is 16.4. The van der Waals surface area contributed by atoms with Crippen molar-refractivity contribution in [3.8, 4) is 11.4 Å². The van der Waals surface area contributed by atoms with Crippen LogP contribution < -0.4 is 15.5 Å². The first-order valence-electron chi connectivity index (χ1n) is 11.3. The fourth-order valence-electron chi connectivity index (χ4n) is 3.57. The van der Waals surface area contributed by atoms with Crippen LogP contribution >= 0.6 is 0 Å². The Hall–Kier alpha value is -4.53. The summed E-state index contributed by atoms with van der Waals surface area (Å²) in [6.45, 7) is 1.06. The standard InChI is InChI=1S/C26H27N7O2/c1-33(22-12-16-27-24(31-22)21-8-3-2-4-9-21)23-13-17-29-25(32-23)28-14-10-19-6-5-7-20(18-19)11-15-30-26(34)35/h2-9,12-13,16-18,30H,10-11,14-15H2,1H3,(H,34,35)(H,28,29,32). The Labute approximate surface area is 203 Å². The minimum atomic E-state index is -1.01. The van der Waals surface area contributed by atoms with E-state index in [1.807, 2.05) is 66.5 Å². The number of nitrogens with zero attached hydrogens (tertiary/aromatic N) is 5. The zero-order valence-corrected chi connectivity index (χ0v) is 19.4. The number of carboxylic acid groups (broad SMARTS) is 1. The third kappa shape index (κ3) is 6.73. The lowest BCUT2D eigenvalue weighted by Crippen LogP contribution is -2.23. The van der Waals surface area contributed by atoms with E-state index < -0.39 is 6.09 Å². The summed E-state index contributed by atoms with van der Waals surface area (Å²) in [6, 6.07) is 21.7. The van der Waals surface area contributed by atoms with Gasteiger partial charge in [-0.1, -0.05) is 54.6 Å². The van der Waals surface area contributed by atoms with Crippen molar-refractivity contribution < 1.29 is 9.90 Å². The van der Waals surface area contributed by atoms with Crippen LogP contribution in [0, 0.1) is 0 Å². The van der Waals surface area contributed by atoms with E-state index in [1.165, 1.54) is 0 Å². The van der Waals surface area contributed by atoms with Crippen LogP contribution in [0.2, 0.25) is 0 Å². The van der Waals surface area contributed by atoms with E-state index in [-0.39, 0.29) is 0 Å². The average molecular weight is 470 g/mol. The van der Waals surface area contributed by atoms with Gasteiger partial charge in [0.1, 0.15) is 11.6 Å². The maximum atomic E-state index is 10.6. The molecule has 2 aromatic heterocycles. The van der Waals surface area contributed by atoms with E-state index in [4.69, 9.17) is 5.11 Å².